The van der Waals surface area contributed by atoms with Crippen LogP contribution in [0.1, 0.15) is 44.9 Å². The maximum atomic E-state index is 12.1. The predicted octanol–water partition coefficient (Wildman–Crippen LogP) is 2.64. The molecule has 6 nitrogen and oxygen atoms in total. The first-order valence-corrected chi connectivity index (χ1v) is 9.52. The molecule has 0 unspecified atom stereocenters. The Hall–Kier alpha value is -2.37. The van der Waals surface area contributed by atoms with Gasteiger partial charge in [-0.15, -0.1) is 0 Å². The molecule has 1 aliphatic carbocycles. The highest BCUT2D eigenvalue weighted by atomic mass is 16.5. The van der Waals surface area contributed by atoms with E-state index in [2.05, 4.69) is 15.8 Å². The summed E-state index contributed by atoms with van der Waals surface area (Å²) >= 11 is 0. The van der Waals surface area contributed by atoms with Gasteiger partial charge in [-0.3, -0.25) is 9.59 Å². The number of benzene rings is 1. The van der Waals surface area contributed by atoms with Crippen molar-refractivity contribution < 1.29 is 14.3 Å². The molecule has 0 aromatic heterocycles. The van der Waals surface area contributed by atoms with E-state index in [9.17, 15) is 9.59 Å². The first kappa shape index (κ1) is 18.4. The van der Waals surface area contributed by atoms with Crippen molar-refractivity contribution >= 4 is 17.5 Å². The van der Waals surface area contributed by atoms with E-state index in [1.165, 1.54) is 12.8 Å². The lowest BCUT2D eigenvalue weighted by atomic mass is 9.80. The van der Waals surface area contributed by atoms with E-state index < -0.39 is 0 Å². The monoisotopic (exact) mass is 357 g/mol. The second-order valence-corrected chi connectivity index (χ2v) is 7.14. The van der Waals surface area contributed by atoms with Gasteiger partial charge in [0, 0.05) is 19.4 Å². The first-order chi connectivity index (χ1) is 12.7. The fourth-order valence-electron chi connectivity index (χ4n) is 3.56. The van der Waals surface area contributed by atoms with Crippen LogP contribution in [0, 0.1) is 11.8 Å². The van der Waals surface area contributed by atoms with Gasteiger partial charge in [-0.05, 0) is 56.1 Å². The second kappa shape index (κ2) is 9.36. The molecule has 26 heavy (non-hydrogen) atoms. The summed E-state index contributed by atoms with van der Waals surface area (Å²) in [5.74, 6) is 1.90. The number of nitrogens with one attached hydrogen (secondary N) is 2. The quantitative estimate of drug-likeness (QED) is 0.787. The third-order valence-electron chi connectivity index (χ3n) is 5.22. The van der Waals surface area contributed by atoms with Crippen molar-refractivity contribution in [3.05, 3.63) is 30.3 Å². The third-order valence-corrected chi connectivity index (χ3v) is 5.22. The standard InChI is InChI=1S/C20H27N3O3/c24-19-11-10-18(22-23-19)20(25)21-14-16-8-6-15(7-9-16)12-13-26-17-4-2-1-3-5-17/h1-5,15-16H,6-14H2,(H,21,25)(H,23,24). The van der Waals surface area contributed by atoms with E-state index in [0.717, 1.165) is 31.6 Å². The maximum Gasteiger partial charge on any atom is 0.267 e. The number of para-hydroxylation sites is 1. The number of carbonyl (C=O) groups excluding carboxylic acids is 2. The molecule has 1 saturated carbocycles. The molecule has 1 fully saturated rings. The van der Waals surface area contributed by atoms with E-state index in [1.807, 2.05) is 30.3 Å². The number of rotatable bonds is 7. The van der Waals surface area contributed by atoms with E-state index in [-0.39, 0.29) is 11.8 Å². The van der Waals surface area contributed by atoms with E-state index in [1.54, 1.807) is 0 Å². The third kappa shape index (κ3) is 5.58. The zero-order valence-corrected chi connectivity index (χ0v) is 15.1. The van der Waals surface area contributed by atoms with Crippen LogP contribution in [-0.2, 0) is 9.59 Å². The van der Waals surface area contributed by atoms with Crippen molar-refractivity contribution in [1.29, 1.82) is 0 Å². The van der Waals surface area contributed by atoms with Crippen molar-refractivity contribution in [3.8, 4) is 5.75 Å². The lowest BCUT2D eigenvalue weighted by Crippen LogP contribution is -2.39. The summed E-state index contributed by atoms with van der Waals surface area (Å²) in [6.45, 7) is 1.46. The molecule has 0 bridgehead atoms. The molecule has 0 saturated heterocycles. The number of nitrogens with zero attached hydrogens (tertiary/aromatic N) is 1. The molecular weight excluding hydrogens is 330 g/mol. The molecule has 1 aliphatic heterocycles. The molecule has 1 aromatic rings. The summed E-state index contributed by atoms with van der Waals surface area (Å²) in [4.78, 5) is 23.1. The van der Waals surface area contributed by atoms with Crippen LogP contribution in [0.3, 0.4) is 0 Å². The van der Waals surface area contributed by atoms with Crippen LogP contribution in [0.2, 0.25) is 0 Å². The van der Waals surface area contributed by atoms with Gasteiger partial charge in [0.25, 0.3) is 5.91 Å². The maximum absolute atomic E-state index is 12.1. The van der Waals surface area contributed by atoms with Gasteiger partial charge in [0.15, 0.2) is 0 Å². The Kier molecular flexibility index (Phi) is 6.63. The predicted molar refractivity (Wildman–Crippen MR) is 99.8 cm³/mol. The molecule has 6 heteroatoms. The zero-order valence-electron chi connectivity index (χ0n) is 15.1. The summed E-state index contributed by atoms with van der Waals surface area (Å²) in [6.07, 6.45) is 6.50. The van der Waals surface area contributed by atoms with Crippen LogP contribution in [0.15, 0.2) is 35.4 Å². The fourth-order valence-corrected chi connectivity index (χ4v) is 3.56. The molecular formula is C20H27N3O3. The van der Waals surface area contributed by atoms with E-state index in [0.29, 0.717) is 36.9 Å². The summed E-state index contributed by atoms with van der Waals surface area (Å²) in [7, 11) is 0. The summed E-state index contributed by atoms with van der Waals surface area (Å²) in [6, 6.07) is 9.94. The minimum Gasteiger partial charge on any atom is -0.494 e. The van der Waals surface area contributed by atoms with Gasteiger partial charge in [0.1, 0.15) is 11.5 Å². The van der Waals surface area contributed by atoms with Gasteiger partial charge >= 0.3 is 0 Å². The number of carbonyl (C=O) groups is 2. The van der Waals surface area contributed by atoms with Crippen molar-refractivity contribution in [2.45, 2.75) is 44.9 Å². The molecule has 1 aromatic carbocycles. The van der Waals surface area contributed by atoms with E-state index >= 15 is 0 Å². The molecule has 2 N–H and O–H groups in total. The average molecular weight is 357 g/mol. The van der Waals surface area contributed by atoms with E-state index in [4.69, 9.17) is 4.74 Å². The van der Waals surface area contributed by atoms with Gasteiger partial charge < -0.3 is 10.1 Å². The van der Waals surface area contributed by atoms with Gasteiger partial charge in [0.2, 0.25) is 5.91 Å². The van der Waals surface area contributed by atoms with Gasteiger partial charge in [0.05, 0.1) is 6.61 Å². The van der Waals surface area contributed by atoms with Crippen molar-refractivity contribution in [2.75, 3.05) is 13.2 Å². The summed E-state index contributed by atoms with van der Waals surface area (Å²) in [5.41, 5.74) is 2.79. The van der Waals surface area contributed by atoms with Crippen molar-refractivity contribution in [3.63, 3.8) is 0 Å². The lowest BCUT2D eigenvalue weighted by Gasteiger charge is -2.28. The van der Waals surface area contributed by atoms with Gasteiger partial charge in [-0.25, -0.2) is 5.43 Å². The van der Waals surface area contributed by atoms with Gasteiger partial charge in [-0.1, -0.05) is 18.2 Å². The molecule has 140 valence electrons. The van der Waals surface area contributed by atoms with Crippen LogP contribution in [0.4, 0.5) is 0 Å². The number of ether oxygens (including phenoxy) is 1. The second-order valence-electron chi connectivity index (χ2n) is 7.14. The Morgan fingerprint density at radius 2 is 1.85 bits per heavy atom. The number of hydrogen-bond acceptors (Lipinski definition) is 4. The Bertz CT molecular complexity index is 637. The fraction of sp³-hybridized carbons (Fsp3) is 0.550. The molecule has 2 aliphatic rings. The zero-order chi connectivity index (χ0) is 18.2. The average Bonchev–Trinajstić information content (AvgIpc) is 2.68. The largest absolute Gasteiger partial charge is 0.494 e. The van der Waals surface area contributed by atoms with Crippen LogP contribution in [0.25, 0.3) is 0 Å². The number of amides is 2. The Morgan fingerprint density at radius 1 is 1.12 bits per heavy atom. The molecule has 1 heterocycles. The Labute approximate surface area is 154 Å². The molecule has 0 radical (unpaired) electrons. The minimum absolute atomic E-state index is 0.129. The molecule has 3 rings (SSSR count). The van der Waals surface area contributed by atoms with Crippen LogP contribution in [0.5, 0.6) is 5.75 Å². The summed E-state index contributed by atoms with van der Waals surface area (Å²) in [5, 5.41) is 6.81. The van der Waals surface area contributed by atoms with Crippen molar-refractivity contribution in [2.24, 2.45) is 16.9 Å². The highest BCUT2D eigenvalue weighted by Crippen LogP contribution is 2.30. The highest BCUT2D eigenvalue weighted by molar-refractivity contribution is 6.39. The summed E-state index contributed by atoms with van der Waals surface area (Å²) < 4.78 is 5.79. The van der Waals surface area contributed by atoms with Crippen LogP contribution < -0.4 is 15.5 Å². The van der Waals surface area contributed by atoms with Crippen LogP contribution >= 0.6 is 0 Å². The molecule has 0 spiro atoms. The normalized spacial score (nSPS) is 22.9. The molecule has 0 atom stereocenters. The lowest BCUT2D eigenvalue weighted by molar-refractivity contribution is -0.121. The number of hydrogen-bond donors (Lipinski definition) is 2. The van der Waals surface area contributed by atoms with Crippen LogP contribution in [-0.4, -0.2) is 30.7 Å². The highest BCUT2D eigenvalue weighted by Gasteiger charge is 2.23. The Morgan fingerprint density at radius 3 is 2.54 bits per heavy atom. The minimum atomic E-state index is -0.150. The topological polar surface area (TPSA) is 79.8 Å². The van der Waals surface area contributed by atoms with Crippen molar-refractivity contribution in [1.82, 2.24) is 10.7 Å². The smallest absolute Gasteiger partial charge is 0.267 e. The Balaban J connectivity index is 1.30. The number of hydrazone groups is 1. The molecule has 2 amide bonds. The van der Waals surface area contributed by atoms with Gasteiger partial charge in [-0.2, -0.15) is 5.10 Å². The SMILES string of the molecule is O=C1CCC(C(=O)NCC2CCC(CCOc3ccccc3)CC2)=NN1. The first-order valence-electron chi connectivity index (χ1n) is 9.52.